The summed E-state index contributed by atoms with van der Waals surface area (Å²) in [6, 6.07) is -0.615. The van der Waals surface area contributed by atoms with Crippen LogP contribution in [-0.4, -0.2) is 34.9 Å². The van der Waals surface area contributed by atoms with Crippen LogP contribution in [0, 0.1) is 0 Å². The van der Waals surface area contributed by atoms with E-state index in [2.05, 4.69) is 19.2 Å². The van der Waals surface area contributed by atoms with Gasteiger partial charge in [0.1, 0.15) is 0 Å². The second kappa shape index (κ2) is 44.5. The van der Waals surface area contributed by atoms with Gasteiger partial charge in [0.25, 0.3) is 0 Å². The molecule has 0 aromatic heterocycles. The summed E-state index contributed by atoms with van der Waals surface area (Å²) in [6.07, 6.45) is 56.4. The Morgan fingerprint density at radius 1 is 0.442 bits per heavy atom. The van der Waals surface area contributed by atoms with Crippen molar-refractivity contribution < 1.29 is 15.0 Å². The summed E-state index contributed by atoms with van der Waals surface area (Å²) in [5.74, 6) is -0.0604. The van der Waals surface area contributed by atoms with Crippen molar-refractivity contribution in [3.8, 4) is 0 Å². The van der Waals surface area contributed by atoms with Crippen LogP contribution in [0.1, 0.15) is 271 Å². The molecule has 4 nitrogen and oxygen atoms in total. The Morgan fingerprint density at radius 2 is 0.712 bits per heavy atom. The Bertz CT molecular complexity index is 710. The van der Waals surface area contributed by atoms with Gasteiger partial charge in [0.05, 0.1) is 18.8 Å². The SMILES string of the molecule is CCCCCCCCCC/C=C/C(O)C(CO)NC(=O)CCCCCCCCCCCCCCCCCCCCCCCCCCCCCCCC. The van der Waals surface area contributed by atoms with Gasteiger partial charge in [0.15, 0.2) is 0 Å². The zero-order valence-corrected chi connectivity index (χ0v) is 35.6. The Labute approximate surface area is 327 Å². The maximum Gasteiger partial charge on any atom is 0.220 e. The molecule has 0 aromatic carbocycles. The van der Waals surface area contributed by atoms with Crippen LogP contribution in [0.15, 0.2) is 12.2 Å². The normalized spacial score (nSPS) is 12.9. The van der Waals surface area contributed by atoms with Gasteiger partial charge in [0.2, 0.25) is 5.91 Å². The van der Waals surface area contributed by atoms with Crippen LogP contribution < -0.4 is 5.32 Å². The molecule has 310 valence electrons. The molecule has 0 spiro atoms. The third-order valence-corrected chi connectivity index (χ3v) is 11.3. The van der Waals surface area contributed by atoms with Crippen LogP contribution in [-0.2, 0) is 4.79 Å². The molecule has 0 aliphatic heterocycles. The lowest BCUT2D eigenvalue weighted by Gasteiger charge is -2.20. The lowest BCUT2D eigenvalue weighted by atomic mass is 10.0. The number of amides is 1. The van der Waals surface area contributed by atoms with E-state index in [1.807, 2.05) is 6.08 Å². The topological polar surface area (TPSA) is 69.6 Å². The van der Waals surface area contributed by atoms with Crippen LogP contribution in [0.5, 0.6) is 0 Å². The summed E-state index contributed by atoms with van der Waals surface area (Å²) in [7, 11) is 0. The van der Waals surface area contributed by atoms with Crippen LogP contribution in [0.25, 0.3) is 0 Å². The van der Waals surface area contributed by atoms with E-state index in [1.54, 1.807) is 6.08 Å². The van der Waals surface area contributed by atoms with E-state index in [0.29, 0.717) is 6.42 Å². The number of nitrogens with one attached hydrogen (secondary N) is 1. The smallest absolute Gasteiger partial charge is 0.220 e. The van der Waals surface area contributed by atoms with Gasteiger partial charge in [-0.3, -0.25) is 4.79 Å². The van der Waals surface area contributed by atoms with E-state index in [1.165, 1.54) is 225 Å². The van der Waals surface area contributed by atoms with Crippen molar-refractivity contribution in [3.05, 3.63) is 12.2 Å². The minimum atomic E-state index is -0.832. The Balaban J connectivity index is 3.38. The van der Waals surface area contributed by atoms with Crippen molar-refractivity contribution in [1.82, 2.24) is 5.32 Å². The molecule has 2 atom stereocenters. The molecule has 0 aromatic rings. The molecule has 0 fully saturated rings. The van der Waals surface area contributed by atoms with Gasteiger partial charge in [-0.05, 0) is 19.3 Å². The van der Waals surface area contributed by atoms with E-state index in [4.69, 9.17) is 0 Å². The summed E-state index contributed by atoms with van der Waals surface area (Å²) >= 11 is 0. The highest BCUT2D eigenvalue weighted by molar-refractivity contribution is 5.76. The number of rotatable bonds is 44. The number of unbranched alkanes of at least 4 members (excludes halogenated alkanes) is 37. The molecule has 0 aliphatic carbocycles. The summed E-state index contributed by atoms with van der Waals surface area (Å²) in [5, 5.41) is 22.9. The average Bonchev–Trinajstić information content (AvgIpc) is 3.15. The van der Waals surface area contributed by atoms with Crippen LogP contribution in [0.4, 0.5) is 0 Å². The second-order valence-electron chi connectivity index (χ2n) is 16.5. The van der Waals surface area contributed by atoms with Crippen LogP contribution in [0.2, 0.25) is 0 Å². The predicted octanol–water partition coefficient (Wildman–Crippen LogP) is 15.0. The van der Waals surface area contributed by atoms with Crippen molar-refractivity contribution in [2.24, 2.45) is 0 Å². The van der Waals surface area contributed by atoms with Gasteiger partial charge >= 0.3 is 0 Å². The fourth-order valence-corrected chi connectivity index (χ4v) is 7.59. The molecular weight excluding hydrogens is 639 g/mol. The number of carbonyl (C=O) groups excluding carboxylic acids is 1. The molecule has 0 saturated heterocycles. The summed E-state index contributed by atoms with van der Waals surface area (Å²) < 4.78 is 0. The van der Waals surface area contributed by atoms with Gasteiger partial charge < -0.3 is 15.5 Å². The molecule has 0 aliphatic rings. The van der Waals surface area contributed by atoms with Crippen LogP contribution >= 0.6 is 0 Å². The highest BCUT2D eigenvalue weighted by atomic mass is 16.3. The van der Waals surface area contributed by atoms with Gasteiger partial charge in [-0.2, -0.15) is 0 Å². The standard InChI is InChI=1S/C48H95NO3/c1-3-5-7-9-11-13-15-16-17-18-19-20-21-22-23-24-25-26-27-28-29-30-31-32-33-34-36-38-40-42-44-48(52)49-46(45-50)47(51)43-41-39-37-35-14-12-10-8-6-4-2/h41,43,46-47,50-51H,3-40,42,44-45H2,1-2H3,(H,49,52)/b43-41+. The number of hydrogen-bond acceptors (Lipinski definition) is 3. The van der Waals surface area contributed by atoms with Gasteiger partial charge in [0, 0.05) is 6.42 Å². The van der Waals surface area contributed by atoms with E-state index in [0.717, 1.165) is 25.7 Å². The second-order valence-corrected chi connectivity index (χ2v) is 16.5. The molecule has 3 N–H and O–H groups in total. The number of aliphatic hydroxyl groups is 2. The van der Waals surface area contributed by atoms with Crippen molar-refractivity contribution in [2.45, 2.75) is 283 Å². The quantitative estimate of drug-likeness (QED) is 0.0431. The fourth-order valence-electron chi connectivity index (χ4n) is 7.59. The lowest BCUT2D eigenvalue weighted by molar-refractivity contribution is -0.123. The summed E-state index contributed by atoms with van der Waals surface area (Å²) in [4.78, 5) is 12.4. The molecule has 0 radical (unpaired) electrons. The average molecular weight is 734 g/mol. The van der Waals surface area contributed by atoms with Crippen LogP contribution in [0.3, 0.4) is 0 Å². The molecule has 4 heteroatoms. The van der Waals surface area contributed by atoms with Crippen molar-refractivity contribution >= 4 is 5.91 Å². The van der Waals surface area contributed by atoms with E-state index < -0.39 is 12.1 Å². The van der Waals surface area contributed by atoms with E-state index in [9.17, 15) is 15.0 Å². The molecule has 52 heavy (non-hydrogen) atoms. The van der Waals surface area contributed by atoms with Gasteiger partial charge in [-0.15, -0.1) is 0 Å². The molecule has 0 saturated carbocycles. The maximum absolute atomic E-state index is 12.4. The molecule has 0 rings (SSSR count). The van der Waals surface area contributed by atoms with E-state index >= 15 is 0 Å². The molecule has 0 bridgehead atoms. The third-order valence-electron chi connectivity index (χ3n) is 11.3. The molecular formula is C48H95NO3. The minimum absolute atomic E-state index is 0.0604. The fraction of sp³-hybridized carbons (Fsp3) is 0.938. The summed E-state index contributed by atoms with van der Waals surface area (Å²) in [6.45, 7) is 4.31. The van der Waals surface area contributed by atoms with Crippen molar-refractivity contribution in [3.63, 3.8) is 0 Å². The first-order valence-corrected chi connectivity index (χ1v) is 23.9. The lowest BCUT2D eigenvalue weighted by Crippen LogP contribution is -2.45. The Kier molecular flexibility index (Phi) is 43.8. The van der Waals surface area contributed by atoms with E-state index in [-0.39, 0.29) is 12.5 Å². The molecule has 1 amide bonds. The zero-order valence-electron chi connectivity index (χ0n) is 35.6. The summed E-state index contributed by atoms with van der Waals surface area (Å²) in [5.41, 5.74) is 0. The maximum atomic E-state index is 12.4. The number of aliphatic hydroxyl groups excluding tert-OH is 2. The first-order chi connectivity index (χ1) is 25.7. The highest BCUT2D eigenvalue weighted by Gasteiger charge is 2.18. The molecule has 2 unspecified atom stereocenters. The first kappa shape index (κ1) is 51.1. The first-order valence-electron chi connectivity index (χ1n) is 23.9. The molecule has 0 heterocycles. The third kappa shape index (κ3) is 40.3. The monoisotopic (exact) mass is 734 g/mol. The minimum Gasteiger partial charge on any atom is -0.394 e. The highest BCUT2D eigenvalue weighted by Crippen LogP contribution is 2.17. The number of carbonyl (C=O) groups is 1. The number of allylic oxidation sites excluding steroid dienone is 1. The van der Waals surface area contributed by atoms with Gasteiger partial charge in [-0.1, -0.05) is 257 Å². The van der Waals surface area contributed by atoms with Gasteiger partial charge in [-0.25, -0.2) is 0 Å². The predicted molar refractivity (Wildman–Crippen MR) is 230 cm³/mol. The Morgan fingerprint density at radius 3 is 1.00 bits per heavy atom. The zero-order chi connectivity index (χ0) is 37.8. The Hall–Kier alpha value is -0.870. The van der Waals surface area contributed by atoms with Crippen molar-refractivity contribution in [1.29, 1.82) is 0 Å². The van der Waals surface area contributed by atoms with Crippen molar-refractivity contribution in [2.75, 3.05) is 6.61 Å². The largest absolute Gasteiger partial charge is 0.394 e. The number of hydrogen-bond donors (Lipinski definition) is 3.